The number of phenols is 1. The molecule has 1 heterocycles. The molecule has 0 spiro atoms. The lowest BCUT2D eigenvalue weighted by atomic mass is 10.1. The number of carbonyl (C=O) groups is 2. The molecule has 1 aromatic carbocycles. The van der Waals surface area contributed by atoms with Crippen molar-refractivity contribution in [2.24, 2.45) is 16.1 Å². The van der Waals surface area contributed by atoms with Gasteiger partial charge in [0, 0.05) is 0 Å². The van der Waals surface area contributed by atoms with E-state index in [1.54, 1.807) is 18.2 Å². The summed E-state index contributed by atoms with van der Waals surface area (Å²) >= 11 is 0. The van der Waals surface area contributed by atoms with Crippen LogP contribution in [0.3, 0.4) is 0 Å². The molecular weight excluding hydrogens is 262 g/mol. The van der Waals surface area contributed by atoms with E-state index in [1.165, 1.54) is 18.3 Å². The number of benzene rings is 1. The van der Waals surface area contributed by atoms with Crippen molar-refractivity contribution in [3.05, 3.63) is 29.8 Å². The number of hydrogen-bond acceptors (Lipinski definition) is 6. The molecule has 3 N–H and O–H groups in total. The summed E-state index contributed by atoms with van der Waals surface area (Å²) in [6.45, 7) is 0. The highest BCUT2D eigenvalue weighted by Crippen LogP contribution is 2.09. The van der Waals surface area contributed by atoms with Crippen LogP contribution in [0.2, 0.25) is 0 Å². The SMILES string of the molecule is N#C[C@H]1C(=O)NN=C1C(=O)N/N=C\c1cccc(O)c1. The van der Waals surface area contributed by atoms with Crippen LogP contribution in [0.4, 0.5) is 0 Å². The second kappa shape index (κ2) is 5.62. The Kier molecular flexibility index (Phi) is 3.72. The molecule has 8 nitrogen and oxygen atoms in total. The summed E-state index contributed by atoms with van der Waals surface area (Å²) in [6, 6.07) is 7.91. The van der Waals surface area contributed by atoms with Crippen molar-refractivity contribution in [3.8, 4) is 11.8 Å². The molecule has 2 rings (SSSR count). The third kappa shape index (κ3) is 2.78. The fourth-order valence-electron chi connectivity index (χ4n) is 1.50. The van der Waals surface area contributed by atoms with Crippen molar-refractivity contribution in [2.75, 3.05) is 0 Å². The average molecular weight is 271 g/mol. The zero-order valence-corrected chi connectivity index (χ0v) is 10.1. The van der Waals surface area contributed by atoms with E-state index in [9.17, 15) is 14.7 Å². The first-order valence-corrected chi connectivity index (χ1v) is 5.51. The minimum Gasteiger partial charge on any atom is -0.508 e. The molecule has 1 aromatic rings. The van der Waals surface area contributed by atoms with Gasteiger partial charge < -0.3 is 5.11 Å². The van der Waals surface area contributed by atoms with Gasteiger partial charge in [0.1, 0.15) is 5.75 Å². The number of carbonyl (C=O) groups excluding carboxylic acids is 2. The summed E-state index contributed by atoms with van der Waals surface area (Å²) in [6.07, 6.45) is 1.31. The predicted molar refractivity (Wildman–Crippen MR) is 68.5 cm³/mol. The second-order valence-electron chi connectivity index (χ2n) is 3.83. The topological polar surface area (TPSA) is 127 Å². The lowest BCUT2D eigenvalue weighted by molar-refractivity contribution is -0.121. The molecule has 1 aliphatic rings. The van der Waals surface area contributed by atoms with Crippen molar-refractivity contribution < 1.29 is 14.7 Å². The standard InChI is InChI=1S/C12H9N5O3/c13-5-9-10(15-17-11(9)19)12(20)16-14-6-7-2-1-3-8(18)4-7/h1-4,6,9,18H,(H,16,20)(H,17,19)/b14-6-/t9-/m1/s1. The number of aromatic hydroxyl groups is 1. The molecule has 1 aliphatic heterocycles. The van der Waals surface area contributed by atoms with Crippen LogP contribution >= 0.6 is 0 Å². The highest BCUT2D eigenvalue weighted by Gasteiger charge is 2.34. The first kappa shape index (κ1) is 13.2. The highest BCUT2D eigenvalue weighted by atomic mass is 16.3. The minimum atomic E-state index is -1.23. The first-order chi connectivity index (χ1) is 9.61. The lowest BCUT2D eigenvalue weighted by Crippen LogP contribution is -2.33. The Morgan fingerprint density at radius 1 is 1.60 bits per heavy atom. The summed E-state index contributed by atoms with van der Waals surface area (Å²) in [5, 5.41) is 25.1. The largest absolute Gasteiger partial charge is 0.508 e. The van der Waals surface area contributed by atoms with Gasteiger partial charge in [-0.25, -0.2) is 10.9 Å². The Bertz CT molecular complexity index is 659. The summed E-state index contributed by atoms with van der Waals surface area (Å²) < 4.78 is 0. The van der Waals surface area contributed by atoms with E-state index in [0.717, 1.165) is 0 Å². The summed E-state index contributed by atoms with van der Waals surface area (Å²) in [5.41, 5.74) is 4.54. The number of phenolic OH excluding ortho intramolecular Hbond substituents is 1. The Labute approximate surface area is 113 Å². The quantitative estimate of drug-likeness (QED) is 0.504. The zero-order chi connectivity index (χ0) is 14.5. The number of amides is 2. The van der Waals surface area contributed by atoms with Crippen LogP contribution in [0.25, 0.3) is 0 Å². The molecule has 0 aromatic heterocycles. The molecule has 20 heavy (non-hydrogen) atoms. The molecule has 0 saturated heterocycles. The van der Waals surface area contributed by atoms with Crippen molar-refractivity contribution in [2.45, 2.75) is 0 Å². The van der Waals surface area contributed by atoms with Crippen LogP contribution in [0, 0.1) is 17.2 Å². The van der Waals surface area contributed by atoms with E-state index < -0.39 is 17.7 Å². The molecule has 8 heteroatoms. The van der Waals surface area contributed by atoms with Gasteiger partial charge in [0.2, 0.25) is 0 Å². The second-order valence-corrected chi connectivity index (χ2v) is 3.83. The van der Waals surface area contributed by atoms with Crippen LogP contribution in [-0.2, 0) is 9.59 Å². The number of nitrogens with one attached hydrogen (secondary N) is 2. The Balaban J connectivity index is 2.00. The maximum Gasteiger partial charge on any atom is 0.289 e. The molecule has 0 unspecified atom stereocenters. The summed E-state index contributed by atoms with van der Waals surface area (Å²) in [5.74, 6) is -2.55. The van der Waals surface area contributed by atoms with E-state index in [1.807, 2.05) is 5.43 Å². The van der Waals surface area contributed by atoms with Crippen LogP contribution in [-0.4, -0.2) is 28.8 Å². The van der Waals surface area contributed by atoms with E-state index in [-0.39, 0.29) is 11.5 Å². The van der Waals surface area contributed by atoms with Crippen LogP contribution in [0.15, 0.2) is 34.5 Å². The number of nitriles is 1. The van der Waals surface area contributed by atoms with Crippen molar-refractivity contribution >= 4 is 23.7 Å². The van der Waals surface area contributed by atoms with Gasteiger partial charge in [-0.2, -0.15) is 15.5 Å². The summed E-state index contributed by atoms with van der Waals surface area (Å²) in [7, 11) is 0. The third-order valence-electron chi connectivity index (χ3n) is 2.43. The molecule has 0 saturated carbocycles. The summed E-state index contributed by atoms with van der Waals surface area (Å²) in [4.78, 5) is 22.8. The van der Waals surface area contributed by atoms with Crippen LogP contribution in [0.1, 0.15) is 5.56 Å². The predicted octanol–water partition coefficient (Wildman–Crippen LogP) is -0.532. The third-order valence-corrected chi connectivity index (χ3v) is 2.43. The number of hydrazone groups is 2. The normalized spacial score (nSPS) is 17.4. The zero-order valence-electron chi connectivity index (χ0n) is 10.1. The van der Waals surface area contributed by atoms with Gasteiger partial charge in [-0.1, -0.05) is 12.1 Å². The Morgan fingerprint density at radius 2 is 2.40 bits per heavy atom. The van der Waals surface area contributed by atoms with Gasteiger partial charge >= 0.3 is 0 Å². The van der Waals surface area contributed by atoms with Gasteiger partial charge in [0.15, 0.2) is 11.6 Å². The smallest absolute Gasteiger partial charge is 0.289 e. The molecular formula is C12H9N5O3. The highest BCUT2D eigenvalue weighted by molar-refractivity contribution is 6.45. The monoisotopic (exact) mass is 271 g/mol. The van der Waals surface area contributed by atoms with Crippen LogP contribution < -0.4 is 10.9 Å². The molecule has 0 bridgehead atoms. The number of nitrogens with zero attached hydrogens (tertiary/aromatic N) is 3. The van der Waals surface area contributed by atoms with Gasteiger partial charge in [-0.05, 0) is 17.7 Å². The fourth-order valence-corrected chi connectivity index (χ4v) is 1.50. The Morgan fingerprint density at radius 3 is 3.10 bits per heavy atom. The van der Waals surface area contributed by atoms with E-state index in [4.69, 9.17) is 5.26 Å². The van der Waals surface area contributed by atoms with Gasteiger partial charge in [0.05, 0.1) is 12.3 Å². The molecule has 2 amide bonds. The van der Waals surface area contributed by atoms with Crippen LogP contribution in [0.5, 0.6) is 5.75 Å². The first-order valence-electron chi connectivity index (χ1n) is 5.51. The maximum atomic E-state index is 11.7. The number of hydrogen-bond donors (Lipinski definition) is 3. The fraction of sp³-hybridized carbons (Fsp3) is 0.0833. The van der Waals surface area contributed by atoms with E-state index in [2.05, 4.69) is 15.6 Å². The number of rotatable bonds is 3. The maximum absolute atomic E-state index is 11.7. The van der Waals surface area contributed by atoms with Crippen molar-refractivity contribution in [1.82, 2.24) is 10.9 Å². The molecule has 1 atom stereocenters. The average Bonchev–Trinajstić information content (AvgIpc) is 2.80. The van der Waals surface area contributed by atoms with Gasteiger partial charge in [0.25, 0.3) is 11.8 Å². The van der Waals surface area contributed by atoms with Gasteiger partial charge in [-0.3, -0.25) is 9.59 Å². The molecule has 0 fully saturated rings. The lowest BCUT2D eigenvalue weighted by Gasteiger charge is -2.00. The Hall–Kier alpha value is -3.21. The van der Waals surface area contributed by atoms with E-state index >= 15 is 0 Å². The minimum absolute atomic E-state index is 0.0692. The molecule has 0 aliphatic carbocycles. The van der Waals surface area contributed by atoms with Crippen molar-refractivity contribution in [1.29, 1.82) is 5.26 Å². The van der Waals surface area contributed by atoms with Gasteiger partial charge in [-0.15, -0.1) is 0 Å². The molecule has 100 valence electrons. The van der Waals surface area contributed by atoms with E-state index in [0.29, 0.717) is 5.56 Å². The van der Waals surface area contributed by atoms with Crippen molar-refractivity contribution in [3.63, 3.8) is 0 Å². The molecule has 0 radical (unpaired) electrons.